The highest BCUT2D eigenvalue weighted by molar-refractivity contribution is 5.58. The number of nitrogen functional groups attached to an aromatic ring is 1. The summed E-state index contributed by atoms with van der Waals surface area (Å²) in [6.07, 6.45) is 1.70. The molecule has 0 spiro atoms. The summed E-state index contributed by atoms with van der Waals surface area (Å²) in [6, 6.07) is 4.34. The fourth-order valence-corrected chi connectivity index (χ4v) is 1.96. The van der Waals surface area contributed by atoms with E-state index < -0.39 is 5.82 Å². The van der Waals surface area contributed by atoms with Gasteiger partial charge in [0.25, 0.3) is 5.89 Å². The largest absolute Gasteiger partial charge is 0.399 e. The van der Waals surface area contributed by atoms with E-state index in [4.69, 9.17) is 15.0 Å². The van der Waals surface area contributed by atoms with Crippen molar-refractivity contribution in [1.29, 1.82) is 0 Å². The maximum Gasteiger partial charge on any atom is 0.260 e. The maximum atomic E-state index is 13.7. The quantitative estimate of drug-likeness (QED) is 0.826. The van der Waals surface area contributed by atoms with Crippen molar-refractivity contribution in [1.82, 2.24) is 10.1 Å². The Morgan fingerprint density at radius 2 is 2.28 bits per heavy atom. The summed E-state index contributed by atoms with van der Waals surface area (Å²) < 4.78 is 24.2. The third-order valence-electron chi connectivity index (χ3n) is 2.88. The fraction of sp³-hybridized carbons (Fsp3) is 0.333. The summed E-state index contributed by atoms with van der Waals surface area (Å²) in [5, 5.41) is 3.83. The number of nitrogens with zero attached hydrogens (tertiary/aromatic N) is 2. The van der Waals surface area contributed by atoms with Crippen LogP contribution >= 0.6 is 0 Å². The summed E-state index contributed by atoms with van der Waals surface area (Å²) in [6.45, 7) is 0.699. The molecule has 3 rings (SSSR count). The Bertz CT molecular complexity index is 564. The number of hydrogen-bond acceptors (Lipinski definition) is 5. The van der Waals surface area contributed by atoms with Crippen LogP contribution in [0.3, 0.4) is 0 Å². The molecule has 5 nitrogen and oxygen atoms in total. The average Bonchev–Trinajstić information content (AvgIpc) is 2.99. The summed E-state index contributed by atoms with van der Waals surface area (Å²) in [7, 11) is 0. The zero-order valence-electron chi connectivity index (χ0n) is 9.60. The van der Waals surface area contributed by atoms with Crippen molar-refractivity contribution in [3.63, 3.8) is 0 Å². The van der Waals surface area contributed by atoms with Crippen LogP contribution in [0.5, 0.6) is 0 Å². The van der Waals surface area contributed by atoms with Crippen LogP contribution in [-0.4, -0.2) is 16.7 Å². The lowest BCUT2D eigenvalue weighted by molar-refractivity contribution is 0.103. The highest BCUT2D eigenvalue weighted by Crippen LogP contribution is 2.29. The average molecular weight is 249 g/mol. The van der Waals surface area contributed by atoms with Gasteiger partial charge in [-0.25, -0.2) is 4.39 Å². The number of halogens is 1. The van der Waals surface area contributed by atoms with Crippen LogP contribution in [0, 0.1) is 5.82 Å². The predicted molar refractivity (Wildman–Crippen MR) is 62.0 cm³/mol. The lowest BCUT2D eigenvalue weighted by atomic mass is 10.2. The van der Waals surface area contributed by atoms with Crippen molar-refractivity contribution in [2.24, 2.45) is 0 Å². The van der Waals surface area contributed by atoms with Gasteiger partial charge < -0.3 is 15.0 Å². The molecular formula is C12H12FN3O2. The van der Waals surface area contributed by atoms with E-state index in [0.717, 1.165) is 12.8 Å². The molecule has 1 aromatic carbocycles. The summed E-state index contributed by atoms with van der Waals surface area (Å²) in [4.78, 5) is 4.17. The summed E-state index contributed by atoms with van der Waals surface area (Å²) in [5.41, 5.74) is 6.09. The van der Waals surface area contributed by atoms with Gasteiger partial charge in [0.1, 0.15) is 11.9 Å². The molecule has 1 aliphatic rings. The number of rotatable bonds is 2. The Hall–Kier alpha value is -1.95. The van der Waals surface area contributed by atoms with E-state index in [2.05, 4.69) is 10.1 Å². The number of anilines is 1. The van der Waals surface area contributed by atoms with E-state index in [-0.39, 0.29) is 17.6 Å². The highest BCUT2D eigenvalue weighted by atomic mass is 19.1. The van der Waals surface area contributed by atoms with Crippen molar-refractivity contribution in [2.45, 2.75) is 18.9 Å². The predicted octanol–water partition coefficient (Wildman–Crippen LogP) is 2.31. The molecule has 0 amide bonds. The number of aromatic nitrogens is 2. The standard InChI is InChI=1S/C12H12FN3O2/c13-9-6-7(14)3-4-8(9)12-15-11(16-18-12)10-2-1-5-17-10/h3-4,6,10H,1-2,5,14H2. The van der Waals surface area contributed by atoms with Crippen molar-refractivity contribution < 1.29 is 13.7 Å². The van der Waals surface area contributed by atoms with Crippen LogP contribution < -0.4 is 5.73 Å². The number of hydrogen-bond donors (Lipinski definition) is 1. The first-order valence-electron chi connectivity index (χ1n) is 5.74. The van der Waals surface area contributed by atoms with Crippen molar-refractivity contribution >= 4 is 5.69 Å². The molecule has 2 heterocycles. The first-order valence-corrected chi connectivity index (χ1v) is 5.74. The van der Waals surface area contributed by atoms with Crippen LogP contribution in [0.4, 0.5) is 10.1 Å². The van der Waals surface area contributed by atoms with E-state index in [0.29, 0.717) is 18.1 Å². The molecule has 2 N–H and O–H groups in total. The van der Waals surface area contributed by atoms with E-state index in [9.17, 15) is 4.39 Å². The molecule has 18 heavy (non-hydrogen) atoms. The van der Waals surface area contributed by atoms with Gasteiger partial charge >= 0.3 is 0 Å². The minimum Gasteiger partial charge on any atom is -0.399 e. The molecule has 1 saturated heterocycles. The zero-order chi connectivity index (χ0) is 12.5. The Morgan fingerprint density at radius 3 is 3.00 bits per heavy atom. The molecule has 94 valence electrons. The van der Waals surface area contributed by atoms with Crippen LogP contribution in [-0.2, 0) is 4.74 Å². The van der Waals surface area contributed by atoms with Crippen molar-refractivity contribution in [2.75, 3.05) is 12.3 Å². The minimum absolute atomic E-state index is 0.139. The minimum atomic E-state index is -0.474. The lowest BCUT2D eigenvalue weighted by Gasteiger charge is -2.01. The van der Waals surface area contributed by atoms with Gasteiger partial charge in [-0.3, -0.25) is 0 Å². The molecule has 1 aliphatic heterocycles. The first-order chi connectivity index (χ1) is 8.74. The second-order valence-electron chi connectivity index (χ2n) is 4.20. The zero-order valence-corrected chi connectivity index (χ0v) is 9.60. The fourth-order valence-electron chi connectivity index (χ4n) is 1.96. The molecule has 0 aliphatic carbocycles. The normalized spacial score (nSPS) is 19.3. The molecule has 0 bridgehead atoms. The topological polar surface area (TPSA) is 74.2 Å². The molecule has 1 aromatic heterocycles. The van der Waals surface area contributed by atoms with E-state index in [1.807, 2.05) is 0 Å². The highest BCUT2D eigenvalue weighted by Gasteiger charge is 2.24. The van der Waals surface area contributed by atoms with Crippen LogP contribution in [0.1, 0.15) is 24.8 Å². The van der Waals surface area contributed by atoms with Gasteiger partial charge in [-0.05, 0) is 31.0 Å². The van der Waals surface area contributed by atoms with Gasteiger partial charge in [-0.1, -0.05) is 5.16 Å². The number of benzene rings is 1. The Balaban J connectivity index is 1.92. The van der Waals surface area contributed by atoms with Crippen LogP contribution in [0.2, 0.25) is 0 Å². The molecule has 0 radical (unpaired) electrons. The van der Waals surface area contributed by atoms with Gasteiger partial charge in [-0.15, -0.1) is 0 Å². The third-order valence-corrected chi connectivity index (χ3v) is 2.88. The number of nitrogens with two attached hydrogens (primary N) is 1. The second-order valence-corrected chi connectivity index (χ2v) is 4.20. The van der Waals surface area contributed by atoms with Crippen molar-refractivity contribution in [3.8, 4) is 11.5 Å². The third kappa shape index (κ3) is 1.95. The maximum absolute atomic E-state index is 13.7. The molecular weight excluding hydrogens is 237 g/mol. The molecule has 1 unspecified atom stereocenters. The molecule has 2 aromatic rings. The number of ether oxygens (including phenoxy) is 1. The first kappa shape index (κ1) is 11.2. The second kappa shape index (κ2) is 4.38. The smallest absolute Gasteiger partial charge is 0.260 e. The summed E-state index contributed by atoms with van der Waals surface area (Å²) >= 11 is 0. The van der Waals surface area contributed by atoms with Crippen LogP contribution in [0.15, 0.2) is 22.7 Å². The van der Waals surface area contributed by atoms with Gasteiger partial charge in [0.05, 0.1) is 5.56 Å². The monoisotopic (exact) mass is 249 g/mol. The molecule has 6 heteroatoms. The van der Waals surface area contributed by atoms with Gasteiger partial charge in [0.2, 0.25) is 5.82 Å². The Kier molecular flexibility index (Phi) is 2.71. The molecule has 1 fully saturated rings. The van der Waals surface area contributed by atoms with E-state index >= 15 is 0 Å². The molecule has 1 atom stereocenters. The SMILES string of the molecule is Nc1ccc(-c2nc(C3CCCO3)no2)c(F)c1. The van der Waals surface area contributed by atoms with Crippen molar-refractivity contribution in [3.05, 3.63) is 29.8 Å². The van der Waals surface area contributed by atoms with E-state index in [1.54, 1.807) is 6.07 Å². The van der Waals surface area contributed by atoms with Gasteiger partial charge in [-0.2, -0.15) is 4.98 Å². The van der Waals surface area contributed by atoms with E-state index in [1.165, 1.54) is 12.1 Å². The summed E-state index contributed by atoms with van der Waals surface area (Å²) in [5.74, 6) is 0.147. The molecule has 0 saturated carbocycles. The van der Waals surface area contributed by atoms with Gasteiger partial charge in [0, 0.05) is 12.3 Å². The Morgan fingerprint density at radius 1 is 1.39 bits per heavy atom. The lowest BCUT2D eigenvalue weighted by Crippen LogP contribution is -1.98. The Labute approximate surface area is 103 Å². The van der Waals surface area contributed by atoms with Gasteiger partial charge in [0.15, 0.2) is 0 Å². The van der Waals surface area contributed by atoms with Crippen LogP contribution in [0.25, 0.3) is 11.5 Å².